The first-order valence-corrected chi connectivity index (χ1v) is 5.25. The van der Waals surface area contributed by atoms with Gasteiger partial charge in [0.25, 0.3) is 5.78 Å². The van der Waals surface area contributed by atoms with E-state index in [1.807, 2.05) is 12.1 Å². The van der Waals surface area contributed by atoms with Crippen LogP contribution in [0.15, 0.2) is 46.6 Å². The van der Waals surface area contributed by atoms with E-state index in [1.165, 1.54) is 0 Å². The van der Waals surface area contributed by atoms with Crippen molar-refractivity contribution >= 4 is 33.9 Å². The molecule has 0 aliphatic carbocycles. The lowest BCUT2D eigenvalue weighted by atomic mass is 9.98. The van der Waals surface area contributed by atoms with Crippen LogP contribution in [-0.2, 0) is 9.59 Å². The van der Waals surface area contributed by atoms with Crippen molar-refractivity contribution in [2.75, 3.05) is 0 Å². The SMILES string of the molecule is O=C1N=Nc2ccc3ccccc3c2C(=O)C1=O. The number of hydrogen-bond donors (Lipinski definition) is 0. The Bertz CT molecular complexity index is 747. The first-order valence-electron chi connectivity index (χ1n) is 5.25. The second-order valence-corrected chi connectivity index (χ2v) is 3.84. The maximum atomic E-state index is 12.0. The van der Waals surface area contributed by atoms with Gasteiger partial charge in [0, 0.05) is 0 Å². The summed E-state index contributed by atoms with van der Waals surface area (Å²) in [5.41, 5.74) is 0.394. The van der Waals surface area contributed by atoms with Gasteiger partial charge in [-0.05, 0) is 16.8 Å². The van der Waals surface area contributed by atoms with Gasteiger partial charge in [-0.15, -0.1) is 10.2 Å². The standard InChI is InChI=1S/C13H6N2O3/c16-11-10-8-4-2-1-3-7(8)5-6-9(10)14-15-13(18)12(11)17/h1-6H. The van der Waals surface area contributed by atoms with Gasteiger partial charge in [0.05, 0.1) is 11.3 Å². The number of azo groups is 1. The zero-order chi connectivity index (χ0) is 12.7. The Balaban J connectivity index is 2.42. The van der Waals surface area contributed by atoms with Crippen LogP contribution in [0.3, 0.4) is 0 Å². The average Bonchev–Trinajstić information content (AvgIpc) is 2.51. The van der Waals surface area contributed by atoms with Crippen LogP contribution in [0.1, 0.15) is 10.4 Å². The van der Waals surface area contributed by atoms with Crippen LogP contribution in [0.5, 0.6) is 0 Å². The maximum Gasteiger partial charge on any atom is 0.339 e. The van der Waals surface area contributed by atoms with E-state index in [0.29, 0.717) is 5.39 Å². The molecule has 1 aliphatic heterocycles. The number of carbonyl (C=O) groups is 3. The summed E-state index contributed by atoms with van der Waals surface area (Å²) in [6.07, 6.45) is 0. The van der Waals surface area contributed by atoms with Crippen LogP contribution < -0.4 is 0 Å². The van der Waals surface area contributed by atoms with Crippen LogP contribution in [-0.4, -0.2) is 17.5 Å². The monoisotopic (exact) mass is 238 g/mol. The van der Waals surface area contributed by atoms with E-state index in [1.54, 1.807) is 24.3 Å². The molecule has 1 heterocycles. The number of carbonyl (C=O) groups excluding carboxylic acids is 3. The summed E-state index contributed by atoms with van der Waals surface area (Å²) < 4.78 is 0. The van der Waals surface area contributed by atoms with Gasteiger partial charge in [-0.25, -0.2) is 0 Å². The van der Waals surface area contributed by atoms with Crippen LogP contribution in [0.4, 0.5) is 5.69 Å². The Kier molecular flexibility index (Phi) is 2.13. The molecule has 0 spiro atoms. The molecule has 0 saturated carbocycles. The molecular formula is C13H6N2O3. The average molecular weight is 238 g/mol. The molecule has 18 heavy (non-hydrogen) atoms. The minimum atomic E-state index is -1.14. The number of nitrogens with zero attached hydrogens (tertiary/aromatic N) is 2. The summed E-state index contributed by atoms with van der Waals surface area (Å²) in [5.74, 6) is -3.12. The number of ketones is 2. The van der Waals surface area contributed by atoms with Crippen LogP contribution >= 0.6 is 0 Å². The summed E-state index contributed by atoms with van der Waals surface area (Å²) >= 11 is 0. The third kappa shape index (κ3) is 1.37. The molecule has 2 aromatic rings. The molecule has 0 aromatic heterocycles. The van der Waals surface area contributed by atoms with E-state index in [9.17, 15) is 14.4 Å². The van der Waals surface area contributed by atoms with Crippen molar-refractivity contribution in [2.45, 2.75) is 0 Å². The van der Waals surface area contributed by atoms with Gasteiger partial charge in [0.2, 0.25) is 5.78 Å². The lowest BCUT2D eigenvalue weighted by Gasteiger charge is -2.04. The predicted molar refractivity (Wildman–Crippen MR) is 62.8 cm³/mol. The summed E-state index contributed by atoms with van der Waals surface area (Å²) in [4.78, 5) is 34.7. The van der Waals surface area contributed by atoms with Crippen molar-refractivity contribution < 1.29 is 14.4 Å². The van der Waals surface area contributed by atoms with Crippen molar-refractivity contribution in [1.29, 1.82) is 0 Å². The Hall–Kier alpha value is -2.69. The number of fused-ring (bicyclic) bond motifs is 3. The first-order chi connectivity index (χ1) is 8.68. The normalized spacial score (nSPS) is 14.8. The lowest BCUT2D eigenvalue weighted by molar-refractivity contribution is -0.133. The summed E-state index contributed by atoms with van der Waals surface area (Å²) in [6, 6.07) is 10.4. The number of hydrogen-bond acceptors (Lipinski definition) is 4. The highest BCUT2D eigenvalue weighted by molar-refractivity contribution is 6.68. The van der Waals surface area contributed by atoms with Gasteiger partial charge in [-0.2, -0.15) is 0 Å². The zero-order valence-corrected chi connectivity index (χ0v) is 9.08. The third-order valence-corrected chi connectivity index (χ3v) is 2.78. The Morgan fingerprint density at radius 3 is 2.39 bits per heavy atom. The molecule has 5 nitrogen and oxygen atoms in total. The van der Waals surface area contributed by atoms with Crippen molar-refractivity contribution in [3.8, 4) is 0 Å². The van der Waals surface area contributed by atoms with Gasteiger partial charge in [0.15, 0.2) is 0 Å². The molecule has 0 saturated heterocycles. The molecule has 0 bridgehead atoms. The number of amides is 1. The zero-order valence-electron chi connectivity index (χ0n) is 9.08. The molecule has 1 aliphatic rings. The molecule has 2 aromatic carbocycles. The molecule has 0 atom stereocenters. The summed E-state index contributed by atoms with van der Waals surface area (Å²) in [6.45, 7) is 0. The fraction of sp³-hybridized carbons (Fsp3) is 0. The van der Waals surface area contributed by atoms with Crippen LogP contribution in [0.25, 0.3) is 10.8 Å². The Morgan fingerprint density at radius 1 is 0.778 bits per heavy atom. The van der Waals surface area contributed by atoms with Gasteiger partial charge in [0.1, 0.15) is 0 Å². The number of Topliss-reactive ketones (excluding diaryl/α,β-unsaturated/α-hetero) is 2. The molecule has 5 heteroatoms. The molecule has 0 fully saturated rings. The molecule has 0 radical (unpaired) electrons. The third-order valence-electron chi connectivity index (χ3n) is 2.78. The largest absolute Gasteiger partial charge is 0.339 e. The Morgan fingerprint density at radius 2 is 1.56 bits per heavy atom. The van der Waals surface area contributed by atoms with E-state index < -0.39 is 17.5 Å². The van der Waals surface area contributed by atoms with Crippen molar-refractivity contribution in [3.05, 3.63) is 42.0 Å². The van der Waals surface area contributed by atoms with Crippen molar-refractivity contribution in [3.63, 3.8) is 0 Å². The molecule has 0 unspecified atom stereocenters. The quantitative estimate of drug-likeness (QED) is 0.660. The second-order valence-electron chi connectivity index (χ2n) is 3.84. The predicted octanol–water partition coefficient (Wildman–Crippen LogP) is 2.22. The molecule has 3 rings (SSSR count). The fourth-order valence-corrected chi connectivity index (χ4v) is 1.94. The van der Waals surface area contributed by atoms with Gasteiger partial charge in [-0.3, -0.25) is 14.4 Å². The van der Waals surface area contributed by atoms with Gasteiger partial charge in [-0.1, -0.05) is 30.3 Å². The smallest absolute Gasteiger partial charge is 0.285 e. The van der Waals surface area contributed by atoms with E-state index >= 15 is 0 Å². The van der Waals surface area contributed by atoms with E-state index in [4.69, 9.17) is 0 Å². The van der Waals surface area contributed by atoms with Gasteiger partial charge >= 0.3 is 5.91 Å². The summed E-state index contributed by atoms with van der Waals surface area (Å²) in [5, 5.41) is 8.28. The van der Waals surface area contributed by atoms with Crippen molar-refractivity contribution in [1.82, 2.24) is 0 Å². The minimum Gasteiger partial charge on any atom is -0.285 e. The number of benzene rings is 2. The number of rotatable bonds is 0. The molecule has 86 valence electrons. The first kappa shape index (κ1) is 10.5. The topological polar surface area (TPSA) is 75.9 Å². The lowest BCUT2D eigenvalue weighted by Crippen LogP contribution is -2.21. The van der Waals surface area contributed by atoms with Gasteiger partial charge < -0.3 is 0 Å². The second kappa shape index (κ2) is 3.66. The van der Waals surface area contributed by atoms with Crippen LogP contribution in [0.2, 0.25) is 0 Å². The highest BCUT2D eigenvalue weighted by atomic mass is 16.2. The Labute approximate surface area is 101 Å². The maximum absolute atomic E-state index is 12.0. The molecule has 0 N–H and O–H groups in total. The van der Waals surface area contributed by atoms with E-state index in [0.717, 1.165) is 5.39 Å². The molecular weight excluding hydrogens is 232 g/mol. The highest BCUT2D eigenvalue weighted by Gasteiger charge is 2.30. The minimum absolute atomic E-state index is 0.146. The highest BCUT2D eigenvalue weighted by Crippen LogP contribution is 2.30. The fourth-order valence-electron chi connectivity index (χ4n) is 1.94. The summed E-state index contributed by atoms with van der Waals surface area (Å²) in [7, 11) is 0. The van der Waals surface area contributed by atoms with Crippen molar-refractivity contribution in [2.24, 2.45) is 10.2 Å². The van der Waals surface area contributed by atoms with Crippen LogP contribution in [0, 0.1) is 0 Å². The van der Waals surface area contributed by atoms with E-state index in [-0.39, 0.29) is 11.3 Å². The van der Waals surface area contributed by atoms with E-state index in [2.05, 4.69) is 10.2 Å². The molecule has 1 amide bonds.